The lowest BCUT2D eigenvalue weighted by Crippen LogP contribution is -2.46. The number of aromatic nitrogens is 1. The molecule has 0 unspecified atom stereocenters. The Labute approximate surface area is 239 Å². The zero-order valence-corrected chi connectivity index (χ0v) is 23.7. The van der Waals surface area contributed by atoms with Crippen LogP contribution in [0.5, 0.6) is 0 Å². The fraction of sp³-hybridized carbons (Fsp3) is 0.333. The van der Waals surface area contributed by atoms with Crippen molar-refractivity contribution in [3.8, 4) is 11.3 Å². The Hall–Kier alpha value is -3.76. The van der Waals surface area contributed by atoms with Gasteiger partial charge in [-0.1, -0.05) is 92.6 Å². The first-order valence-corrected chi connectivity index (χ1v) is 14.9. The number of carbonyl (C=O) groups excluding carboxylic acids is 1. The van der Waals surface area contributed by atoms with Crippen molar-refractivity contribution in [2.75, 3.05) is 13.1 Å². The number of likely N-dealkylation sites (tertiary alicyclic amines) is 1. The summed E-state index contributed by atoms with van der Waals surface area (Å²) in [5.74, 6) is 0.135. The van der Waals surface area contributed by atoms with Gasteiger partial charge in [0.1, 0.15) is 0 Å². The number of unbranched alkanes of at least 4 members (excludes halogenated alkanes) is 2. The second-order valence-electron chi connectivity index (χ2n) is 11.0. The van der Waals surface area contributed by atoms with Crippen LogP contribution in [0.1, 0.15) is 66.1 Å². The van der Waals surface area contributed by atoms with E-state index in [2.05, 4.69) is 88.4 Å². The summed E-state index contributed by atoms with van der Waals surface area (Å²) < 4.78 is 0. The van der Waals surface area contributed by atoms with Crippen LogP contribution in [-0.2, 0) is 19.5 Å². The largest absolute Gasteiger partial charge is 0.331 e. The minimum atomic E-state index is 0.135. The van der Waals surface area contributed by atoms with Crippen LogP contribution in [0.15, 0.2) is 103 Å². The summed E-state index contributed by atoms with van der Waals surface area (Å²) in [6.07, 6.45) is 8.54. The van der Waals surface area contributed by atoms with Gasteiger partial charge in [-0.3, -0.25) is 14.7 Å². The van der Waals surface area contributed by atoms with Gasteiger partial charge in [0.15, 0.2) is 0 Å². The summed E-state index contributed by atoms with van der Waals surface area (Å²) >= 11 is 0. The highest BCUT2D eigenvalue weighted by Crippen LogP contribution is 2.25. The van der Waals surface area contributed by atoms with E-state index in [1.165, 1.54) is 30.4 Å². The lowest BCUT2D eigenvalue weighted by atomic mass is 9.99. The molecule has 206 valence electrons. The number of pyridine rings is 1. The molecule has 1 amide bonds. The van der Waals surface area contributed by atoms with E-state index < -0.39 is 0 Å². The number of nitrogens with zero attached hydrogens (tertiary/aromatic N) is 3. The third-order valence-corrected chi connectivity index (χ3v) is 8.05. The molecular formula is C36H41N3O. The van der Waals surface area contributed by atoms with E-state index in [4.69, 9.17) is 0 Å². The van der Waals surface area contributed by atoms with Crippen molar-refractivity contribution in [3.05, 3.63) is 126 Å². The summed E-state index contributed by atoms with van der Waals surface area (Å²) in [5.41, 5.74) is 6.66. The van der Waals surface area contributed by atoms with Crippen molar-refractivity contribution in [2.45, 2.75) is 64.6 Å². The van der Waals surface area contributed by atoms with Gasteiger partial charge in [0.05, 0.1) is 5.69 Å². The van der Waals surface area contributed by atoms with Gasteiger partial charge in [0.2, 0.25) is 0 Å². The number of carbonyl (C=O) groups is 1. The Morgan fingerprint density at radius 2 is 1.50 bits per heavy atom. The molecule has 4 heteroatoms. The van der Waals surface area contributed by atoms with E-state index in [0.29, 0.717) is 6.54 Å². The van der Waals surface area contributed by atoms with E-state index in [1.807, 2.05) is 36.5 Å². The van der Waals surface area contributed by atoms with E-state index >= 15 is 0 Å². The van der Waals surface area contributed by atoms with Crippen LogP contribution in [0, 0.1) is 0 Å². The predicted octanol–water partition coefficient (Wildman–Crippen LogP) is 7.79. The van der Waals surface area contributed by atoms with E-state index in [0.717, 1.165) is 61.3 Å². The zero-order chi connectivity index (χ0) is 27.6. The van der Waals surface area contributed by atoms with Crippen molar-refractivity contribution in [1.29, 1.82) is 0 Å². The van der Waals surface area contributed by atoms with Crippen molar-refractivity contribution < 1.29 is 4.79 Å². The summed E-state index contributed by atoms with van der Waals surface area (Å²) in [6, 6.07) is 33.8. The summed E-state index contributed by atoms with van der Waals surface area (Å²) in [4.78, 5) is 23.1. The molecule has 4 aromatic rings. The van der Waals surface area contributed by atoms with Crippen LogP contribution in [-0.4, -0.2) is 39.8 Å². The minimum Gasteiger partial charge on any atom is -0.331 e. The first-order chi connectivity index (χ1) is 19.7. The highest BCUT2D eigenvalue weighted by Gasteiger charge is 2.29. The normalized spacial score (nSPS) is 14.2. The molecule has 40 heavy (non-hydrogen) atoms. The van der Waals surface area contributed by atoms with Gasteiger partial charge >= 0.3 is 0 Å². The summed E-state index contributed by atoms with van der Waals surface area (Å²) in [6.45, 7) is 5.81. The Morgan fingerprint density at radius 1 is 0.800 bits per heavy atom. The van der Waals surface area contributed by atoms with Gasteiger partial charge in [-0.05, 0) is 66.6 Å². The number of piperidine rings is 1. The number of amides is 1. The molecule has 0 N–H and O–H groups in total. The molecular weight excluding hydrogens is 490 g/mol. The smallest absolute Gasteiger partial charge is 0.254 e. The van der Waals surface area contributed by atoms with Crippen LogP contribution in [0.3, 0.4) is 0 Å². The molecule has 0 spiro atoms. The molecule has 1 aliphatic rings. The molecule has 0 bridgehead atoms. The van der Waals surface area contributed by atoms with Gasteiger partial charge in [-0.25, -0.2) is 0 Å². The molecule has 0 saturated carbocycles. The lowest BCUT2D eigenvalue weighted by molar-refractivity contribution is 0.0543. The van der Waals surface area contributed by atoms with Gasteiger partial charge in [0, 0.05) is 49.5 Å². The Balaban J connectivity index is 1.30. The minimum absolute atomic E-state index is 0.135. The number of benzene rings is 3. The van der Waals surface area contributed by atoms with Crippen molar-refractivity contribution in [1.82, 2.24) is 14.8 Å². The molecule has 1 fully saturated rings. The lowest BCUT2D eigenvalue weighted by Gasteiger charge is -2.39. The maximum absolute atomic E-state index is 14.0. The highest BCUT2D eigenvalue weighted by atomic mass is 16.2. The average molecular weight is 532 g/mol. The predicted molar refractivity (Wildman–Crippen MR) is 164 cm³/mol. The maximum Gasteiger partial charge on any atom is 0.254 e. The Morgan fingerprint density at radius 3 is 2.17 bits per heavy atom. The van der Waals surface area contributed by atoms with Crippen LogP contribution in [0.25, 0.3) is 11.3 Å². The summed E-state index contributed by atoms with van der Waals surface area (Å²) in [5, 5.41) is 0. The molecule has 5 rings (SSSR count). The third kappa shape index (κ3) is 7.45. The van der Waals surface area contributed by atoms with Gasteiger partial charge in [-0.15, -0.1) is 0 Å². The molecule has 0 radical (unpaired) electrons. The highest BCUT2D eigenvalue weighted by molar-refractivity contribution is 5.94. The quantitative estimate of drug-likeness (QED) is 0.185. The SMILES string of the molecule is CCCCCc1ccc(C(=O)N(Cc2ccc(-c3ccccn3)cc2)C2CCN(Cc3ccccc3)CC2)cc1. The van der Waals surface area contributed by atoms with Crippen molar-refractivity contribution >= 4 is 5.91 Å². The zero-order valence-electron chi connectivity index (χ0n) is 23.7. The number of rotatable bonds is 11. The molecule has 3 aromatic carbocycles. The van der Waals surface area contributed by atoms with E-state index in [-0.39, 0.29) is 11.9 Å². The second-order valence-corrected chi connectivity index (χ2v) is 11.0. The monoisotopic (exact) mass is 531 g/mol. The third-order valence-electron chi connectivity index (χ3n) is 8.05. The molecule has 1 aliphatic heterocycles. The average Bonchev–Trinajstić information content (AvgIpc) is 3.02. The van der Waals surface area contributed by atoms with Crippen LogP contribution < -0.4 is 0 Å². The first kappa shape index (κ1) is 27.8. The topological polar surface area (TPSA) is 36.4 Å². The fourth-order valence-corrected chi connectivity index (χ4v) is 5.67. The Kier molecular flexibility index (Phi) is 9.76. The summed E-state index contributed by atoms with van der Waals surface area (Å²) in [7, 11) is 0. The molecule has 1 saturated heterocycles. The van der Waals surface area contributed by atoms with Crippen LogP contribution in [0.2, 0.25) is 0 Å². The van der Waals surface area contributed by atoms with Crippen molar-refractivity contribution in [2.24, 2.45) is 0 Å². The number of aryl methyl sites for hydroxylation is 1. The van der Waals surface area contributed by atoms with Crippen LogP contribution in [0.4, 0.5) is 0 Å². The molecule has 4 nitrogen and oxygen atoms in total. The number of hydrogen-bond donors (Lipinski definition) is 0. The van der Waals surface area contributed by atoms with Gasteiger partial charge in [0.25, 0.3) is 5.91 Å². The molecule has 2 heterocycles. The molecule has 0 atom stereocenters. The fourth-order valence-electron chi connectivity index (χ4n) is 5.67. The van der Waals surface area contributed by atoms with Crippen LogP contribution >= 0.6 is 0 Å². The molecule has 0 aliphatic carbocycles. The maximum atomic E-state index is 14.0. The first-order valence-electron chi connectivity index (χ1n) is 14.9. The van der Waals surface area contributed by atoms with Gasteiger partial charge in [-0.2, -0.15) is 0 Å². The van der Waals surface area contributed by atoms with E-state index in [1.54, 1.807) is 0 Å². The standard InChI is InChI=1S/C36H41N3O/c1-2-3-5-10-29-14-20-33(21-15-29)36(40)39(28-31-16-18-32(19-17-31)35-13-8-9-24-37-35)34-22-25-38(26-23-34)27-30-11-6-4-7-12-30/h4,6-9,11-21,24,34H,2-3,5,10,22-23,25-28H2,1H3. The molecule has 1 aromatic heterocycles. The Bertz CT molecular complexity index is 1310. The van der Waals surface area contributed by atoms with E-state index in [9.17, 15) is 4.79 Å². The second kappa shape index (κ2) is 14.0. The van der Waals surface area contributed by atoms with Crippen molar-refractivity contribution in [3.63, 3.8) is 0 Å². The number of hydrogen-bond acceptors (Lipinski definition) is 3. The van der Waals surface area contributed by atoms with Gasteiger partial charge < -0.3 is 4.90 Å².